The van der Waals surface area contributed by atoms with Gasteiger partial charge in [0.1, 0.15) is 11.5 Å². The number of aliphatic hydroxyl groups excluding tert-OH is 1. The van der Waals surface area contributed by atoms with Gasteiger partial charge in [0.05, 0.1) is 35.5 Å². The molecular weight excluding hydrogens is 536 g/mol. The molecule has 0 saturated heterocycles. The molecule has 1 unspecified atom stereocenters. The van der Waals surface area contributed by atoms with Crippen LogP contribution in [0.4, 0.5) is 5.13 Å². The number of hydrogen-bond donors (Lipinski definition) is 1. The lowest BCUT2D eigenvalue weighted by molar-refractivity contribution is -0.117. The van der Waals surface area contributed by atoms with E-state index in [0.29, 0.717) is 34.3 Å². The third kappa shape index (κ3) is 6.18. The van der Waals surface area contributed by atoms with Crippen molar-refractivity contribution in [1.82, 2.24) is 4.98 Å². The number of nitrogens with zero attached hydrogens (tertiary/aromatic N) is 2. The molecule has 0 fully saturated rings. The summed E-state index contributed by atoms with van der Waals surface area (Å²) in [5, 5.41) is 11.4. The molecule has 3 aromatic carbocycles. The highest BCUT2D eigenvalue weighted by Crippen LogP contribution is 2.44. The van der Waals surface area contributed by atoms with Crippen molar-refractivity contribution in [3.05, 3.63) is 101 Å². The lowest BCUT2D eigenvalue weighted by Crippen LogP contribution is -2.30. The minimum atomic E-state index is -0.864. The summed E-state index contributed by atoms with van der Waals surface area (Å²) < 4.78 is 12.1. The molecule has 0 spiro atoms. The quantitative estimate of drug-likeness (QED) is 0.141. The molecule has 1 atom stereocenters. The molecule has 1 amide bonds. The van der Waals surface area contributed by atoms with Crippen LogP contribution in [0, 0.1) is 0 Å². The Morgan fingerprint density at radius 3 is 2.51 bits per heavy atom. The number of thiazole rings is 1. The maximum atomic E-state index is 13.5. The third-order valence-corrected chi connectivity index (χ3v) is 7.97. The van der Waals surface area contributed by atoms with Crippen molar-refractivity contribution in [3.8, 4) is 11.5 Å². The molecule has 0 saturated carbocycles. The van der Waals surface area contributed by atoms with Gasteiger partial charge in [-0.25, -0.2) is 4.98 Å². The van der Waals surface area contributed by atoms with E-state index in [9.17, 15) is 14.7 Å². The number of rotatable bonds is 12. The number of anilines is 1. The van der Waals surface area contributed by atoms with Gasteiger partial charge in [0.15, 0.2) is 16.7 Å². The van der Waals surface area contributed by atoms with Crippen LogP contribution in [-0.2, 0) is 9.59 Å². The summed E-state index contributed by atoms with van der Waals surface area (Å²) in [5.41, 5.74) is 2.19. The fraction of sp³-hybridized carbons (Fsp3) is 0.242. The highest BCUT2D eigenvalue weighted by atomic mass is 32.1. The zero-order chi connectivity index (χ0) is 28.8. The molecule has 210 valence electrons. The van der Waals surface area contributed by atoms with Gasteiger partial charge in [0, 0.05) is 0 Å². The maximum absolute atomic E-state index is 13.5. The maximum Gasteiger partial charge on any atom is 0.296 e. The zero-order valence-corrected chi connectivity index (χ0v) is 23.9. The van der Waals surface area contributed by atoms with Crippen LogP contribution in [0.25, 0.3) is 16.3 Å². The van der Waals surface area contributed by atoms with Crippen LogP contribution >= 0.6 is 11.3 Å². The van der Waals surface area contributed by atoms with E-state index in [4.69, 9.17) is 9.47 Å². The van der Waals surface area contributed by atoms with Gasteiger partial charge < -0.3 is 14.6 Å². The Balaban J connectivity index is 1.49. The van der Waals surface area contributed by atoms with Crippen LogP contribution in [-0.4, -0.2) is 35.5 Å². The normalized spacial score (nSPS) is 15.3. The molecule has 1 aliphatic heterocycles. The van der Waals surface area contributed by atoms with Gasteiger partial charge in [-0.2, -0.15) is 0 Å². The van der Waals surface area contributed by atoms with Crippen LogP contribution in [0.5, 0.6) is 11.5 Å². The topological polar surface area (TPSA) is 89.0 Å². The summed E-state index contributed by atoms with van der Waals surface area (Å²) in [6.45, 7) is 2.79. The summed E-state index contributed by atoms with van der Waals surface area (Å²) in [6.07, 6.45) is 7.50. The lowest BCUT2D eigenvalue weighted by Gasteiger charge is -2.24. The first-order chi connectivity index (χ1) is 20.0. The minimum absolute atomic E-state index is 0.00671. The first kappa shape index (κ1) is 28.1. The number of ether oxygens (including phenoxy) is 2. The van der Waals surface area contributed by atoms with Crippen molar-refractivity contribution in [2.45, 2.75) is 38.6 Å². The second-order valence-corrected chi connectivity index (χ2v) is 10.8. The summed E-state index contributed by atoms with van der Waals surface area (Å²) in [6, 6.07) is 21.3. The van der Waals surface area contributed by atoms with Crippen LogP contribution in [0.3, 0.4) is 0 Å². The second kappa shape index (κ2) is 12.8. The first-order valence-corrected chi connectivity index (χ1v) is 14.5. The third-order valence-electron chi connectivity index (χ3n) is 6.95. The van der Waals surface area contributed by atoms with Gasteiger partial charge in [-0.3, -0.25) is 14.5 Å². The number of allylic oxidation sites excluding steroid dienone is 1. The number of hydrogen-bond acceptors (Lipinski definition) is 7. The predicted octanol–water partition coefficient (Wildman–Crippen LogP) is 7.45. The van der Waals surface area contributed by atoms with Gasteiger partial charge in [-0.15, -0.1) is 0 Å². The number of amides is 1. The van der Waals surface area contributed by atoms with Crippen LogP contribution in [0.15, 0.2) is 90.2 Å². The van der Waals surface area contributed by atoms with Gasteiger partial charge in [0.25, 0.3) is 5.91 Å². The van der Waals surface area contributed by atoms with Crippen LogP contribution < -0.4 is 14.4 Å². The average Bonchev–Trinajstić information content (AvgIpc) is 3.54. The Hall–Kier alpha value is -4.43. The Labute approximate surface area is 243 Å². The minimum Gasteiger partial charge on any atom is -0.503 e. The highest BCUT2D eigenvalue weighted by molar-refractivity contribution is 7.22. The smallest absolute Gasteiger partial charge is 0.296 e. The number of ketones is 1. The van der Waals surface area contributed by atoms with Crippen molar-refractivity contribution >= 4 is 44.5 Å². The van der Waals surface area contributed by atoms with Crippen molar-refractivity contribution in [3.63, 3.8) is 0 Å². The molecule has 1 aliphatic rings. The predicted molar refractivity (Wildman–Crippen MR) is 163 cm³/mol. The Kier molecular flexibility index (Phi) is 8.79. The van der Waals surface area contributed by atoms with Crippen LogP contribution in [0.2, 0.25) is 0 Å². The largest absolute Gasteiger partial charge is 0.503 e. The molecule has 1 N–H and O–H groups in total. The molecule has 8 heteroatoms. The Morgan fingerprint density at radius 2 is 1.78 bits per heavy atom. The fourth-order valence-corrected chi connectivity index (χ4v) is 5.80. The van der Waals surface area contributed by atoms with E-state index < -0.39 is 23.5 Å². The Bertz CT molecular complexity index is 1590. The van der Waals surface area contributed by atoms with E-state index in [0.717, 1.165) is 29.5 Å². The zero-order valence-electron chi connectivity index (χ0n) is 23.1. The molecular formula is C33H32N2O5S. The van der Waals surface area contributed by atoms with E-state index >= 15 is 0 Å². The van der Waals surface area contributed by atoms with E-state index in [1.807, 2.05) is 66.7 Å². The summed E-state index contributed by atoms with van der Waals surface area (Å²) in [7, 11) is 1.59. The van der Waals surface area contributed by atoms with Crippen molar-refractivity contribution in [2.75, 3.05) is 18.6 Å². The monoisotopic (exact) mass is 568 g/mol. The average molecular weight is 569 g/mol. The molecule has 4 aromatic rings. The molecule has 1 aromatic heterocycles. The summed E-state index contributed by atoms with van der Waals surface area (Å²) in [4.78, 5) is 33.2. The Morgan fingerprint density at radius 1 is 1.02 bits per heavy atom. The van der Waals surface area contributed by atoms with Crippen molar-refractivity contribution in [2.24, 2.45) is 0 Å². The highest BCUT2D eigenvalue weighted by Gasteiger charge is 2.45. The number of aromatic nitrogens is 1. The standard InChI is InChI=1S/C33H32N2O5S/c1-3-4-5-9-20-40-24-15-13-23(14-16-24)30-29(27(36)19-12-22-10-7-6-8-11-22)31(37)32(38)35(30)33-34-26-18-17-25(39-2)21-28(26)41-33/h6-8,10-19,21,30,37H,3-5,9,20H2,1-2H3/b19-12+. The van der Waals surface area contributed by atoms with Gasteiger partial charge >= 0.3 is 0 Å². The van der Waals surface area contributed by atoms with Gasteiger partial charge in [0.2, 0.25) is 0 Å². The van der Waals surface area contributed by atoms with E-state index in [1.54, 1.807) is 19.3 Å². The van der Waals surface area contributed by atoms with E-state index in [-0.39, 0.29) is 5.57 Å². The fourth-order valence-electron chi connectivity index (χ4n) is 4.78. The number of methoxy groups -OCH3 is 1. The first-order valence-electron chi connectivity index (χ1n) is 13.7. The number of fused-ring (bicyclic) bond motifs is 1. The number of aliphatic hydroxyl groups is 1. The van der Waals surface area contributed by atoms with Gasteiger partial charge in [-0.1, -0.05) is 86.1 Å². The molecule has 5 rings (SSSR count). The number of unbranched alkanes of at least 4 members (excludes halogenated alkanes) is 3. The second-order valence-electron chi connectivity index (χ2n) is 9.76. The van der Waals surface area contributed by atoms with Crippen molar-refractivity contribution in [1.29, 1.82) is 0 Å². The molecule has 0 radical (unpaired) electrons. The lowest BCUT2D eigenvalue weighted by atomic mass is 9.95. The van der Waals surface area contributed by atoms with Gasteiger partial charge in [-0.05, 0) is 54.0 Å². The molecule has 0 aliphatic carbocycles. The molecule has 2 heterocycles. The van der Waals surface area contributed by atoms with E-state index in [1.165, 1.54) is 28.7 Å². The number of carbonyl (C=O) groups is 2. The molecule has 0 bridgehead atoms. The van der Waals surface area contributed by atoms with E-state index in [2.05, 4.69) is 11.9 Å². The van der Waals surface area contributed by atoms with Crippen molar-refractivity contribution < 1.29 is 24.2 Å². The SMILES string of the molecule is CCCCCCOc1ccc(C2C(C(=O)/C=C/c3ccccc3)=C(O)C(=O)N2c2nc3ccc(OC)cc3s2)cc1. The molecule has 7 nitrogen and oxygen atoms in total. The number of benzene rings is 3. The number of carbonyl (C=O) groups excluding carboxylic acids is 2. The summed E-state index contributed by atoms with van der Waals surface area (Å²) >= 11 is 1.30. The molecule has 41 heavy (non-hydrogen) atoms. The summed E-state index contributed by atoms with van der Waals surface area (Å²) in [5.74, 6) is -0.325. The van der Waals surface area contributed by atoms with Crippen LogP contribution in [0.1, 0.15) is 49.8 Å².